The molecule has 0 radical (unpaired) electrons. The smallest absolute Gasteiger partial charge is 0.255 e. The number of nitrogens with zero attached hydrogens (tertiary/aromatic N) is 1. The van der Waals surface area contributed by atoms with Crippen molar-refractivity contribution < 1.29 is 4.79 Å². The molecule has 1 atom stereocenters. The van der Waals surface area contributed by atoms with Gasteiger partial charge in [0.1, 0.15) is 0 Å². The second kappa shape index (κ2) is 5.90. The van der Waals surface area contributed by atoms with Crippen molar-refractivity contribution in [3.63, 3.8) is 0 Å². The summed E-state index contributed by atoms with van der Waals surface area (Å²) in [5, 5.41) is 0. The van der Waals surface area contributed by atoms with E-state index in [9.17, 15) is 4.79 Å². The molecule has 1 amide bonds. The average molecular weight is 256 g/mol. The van der Waals surface area contributed by atoms with Crippen LogP contribution in [0, 0.1) is 24.7 Å². The van der Waals surface area contributed by atoms with E-state index < -0.39 is 0 Å². The molecule has 1 aliphatic heterocycles. The van der Waals surface area contributed by atoms with E-state index in [1.54, 1.807) is 0 Å². The topological polar surface area (TPSA) is 46.3 Å². The molecule has 1 aliphatic rings. The maximum Gasteiger partial charge on any atom is 0.255 e. The van der Waals surface area contributed by atoms with Crippen LogP contribution in [-0.4, -0.2) is 30.4 Å². The molecule has 1 fully saturated rings. The fourth-order valence-electron chi connectivity index (χ4n) is 2.38. The third kappa shape index (κ3) is 3.15. The summed E-state index contributed by atoms with van der Waals surface area (Å²) >= 11 is 0. The van der Waals surface area contributed by atoms with Crippen LogP contribution in [-0.2, 0) is 0 Å². The quantitative estimate of drug-likeness (QED) is 0.779. The number of hydrogen-bond acceptors (Lipinski definition) is 2. The second-order valence-corrected chi connectivity index (χ2v) is 5.20. The molecule has 2 N–H and O–H groups in total. The van der Waals surface area contributed by atoms with Crippen LogP contribution < -0.4 is 5.73 Å². The van der Waals surface area contributed by atoms with E-state index in [2.05, 4.69) is 18.8 Å². The molecule has 100 valence electrons. The van der Waals surface area contributed by atoms with Gasteiger partial charge in [-0.15, -0.1) is 0 Å². The van der Waals surface area contributed by atoms with Crippen LogP contribution in [0.4, 0.5) is 0 Å². The third-order valence-electron chi connectivity index (χ3n) is 3.44. The van der Waals surface area contributed by atoms with Gasteiger partial charge in [0.05, 0.1) is 12.1 Å². The molecule has 3 nitrogen and oxygen atoms in total. The molecule has 1 aromatic carbocycles. The van der Waals surface area contributed by atoms with Gasteiger partial charge in [-0.1, -0.05) is 30.4 Å². The molecule has 1 aromatic rings. The summed E-state index contributed by atoms with van der Waals surface area (Å²) in [6.45, 7) is 6.17. The summed E-state index contributed by atoms with van der Waals surface area (Å²) in [4.78, 5) is 14.5. The Hall–Kier alpha value is -1.79. The molecule has 0 bridgehead atoms. The SMILES string of the molecule is Cc1ccc(C#CCN)c(C(=O)N2CCC(C)C2)c1. The Morgan fingerprint density at radius 3 is 2.95 bits per heavy atom. The highest BCUT2D eigenvalue weighted by Gasteiger charge is 2.25. The van der Waals surface area contributed by atoms with Crippen LogP contribution in [0.3, 0.4) is 0 Å². The molecule has 3 heteroatoms. The summed E-state index contributed by atoms with van der Waals surface area (Å²) < 4.78 is 0. The standard InChI is InChI=1S/C16H20N2O/c1-12-5-6-14(4-3-8-17)15(10-12)16(19)18-9-7-13(2)11-18/h5-6,10,13H,7-9,11,17H2,1-2H3. The summed E-state index contributed by atoms with van der Waals surface area (Å²) in [6, 6.07) is 5.81. The number of hydrogen-bond donors (Lipinski definition) is 1. The van der Waals surface area contributed by atoms with Gasteiger partial charge >= 0.3 is 0 Å². The summed E-state index contributed by atoms with van der Waals surface area (Å²) in [5.41, 5.74) is 7.96. The van der Waals surface area contributed by atoms with Crippen LogP contribution >= 0.6 is 0 Å². The van der Waals surface area contributed by atoms with Gasteiger partial charge < -0.3 is 10.6 Å². The zero-order chi connectivity index (χ0) is 13.8. The molecule has 1 saturated heterocycles. The van der Waals surface area contributed by atoms with Gasteiger partial charge in [-0.2, -0.15) is 0 Å². The van der Waals surface area contributed by atoms with Crippen molar-refractivity contribution in [2.45, 2.75) is 20.3 Å². The number of benzene rings is 1. The average Bonchev–Trinajstić information content (AvgIpc) is 2.83. The monoisotopic (exact) mass is 256 g/mol. The van der Waals surface area contributed by atoms with E-state index >= 15 is 0 Å². The fraction of sp³-hybridized carbons (Fsp3) is 0.438. The summed E-state index contributed by atoms with van der Waals surface area (Å²) in [6.07, 6.45) is 1.08. The maximum atomic E-state index is 12.6. The van der Waals surface area contributed by atoms with Gasteiger partial charge in [-0.3, -0.25) is 4.79 Å². The van der Waals surface area contributed by atoms with Crippen molar-refractivity contribution in [1.29, 1.82) is 0 Å². The Labute approximate surface area is 114 Å². The molecule has 0 spiro atoms. The van der Waals surface area contributed by atoms with Crippen molar-refractivity contribution in [3.05, 3.63) is 34.9 Å². The third-order valence-corrected chi connectivity index (χ3v) is 3.44. The van der Waals surface area contributed by atoms with Gasteiger partial charge in [-0.25, -0.2) is 0 Å². The highest BCUT2D eigenvalue weighted by Crippen LogP contribution is 2.20. The Morgan fingerprint density at radius 2 is 2.32 bits per heavy atom. The van der Waals surface area contributed by atoms with E-state index in [1.165, 1.54) is 0 Å². The van der Waals surface area contributed by atoms with Crippen LogP contribution in [0.15, 0.2) is 18.2 Å². The Bertz CT molecular complexity index is 539. The highest BCUT2D eigenvalue weighted by molar-refractivity contribution is 5.97. The first kappa shape index (κ1) is 13.6. The Balaban J connectivity index is 2.31. The van der Waals surface area contributed by atoms with E-state index in [4.69, 9.17) is 5.73 Å². The van der Waals surface area contributed by atoms with Gasteiger partial charge in [0.15, 0.2) is 0 Å². The lowest BCUT2D eigenvalue weighted by molar-refractivity contribution is 0.0787. The molecular weight excluding hydrogens is 236 g/mol. The lowest BCUT2D eigenvalue weighted by atomic mass is 10.0. The molecule has 0 saturated carbocycles. The lowest BCUT2D eigenvalue weighted by Crippen LogP contribution is -2.29. The van der Waals surface area contributed by atoms with Crippen LogP contribution in [0.25, 0.3) is 0 Å². The number of amides is 1. The number of nitrogens with two attached hydrogens (primary N) is 1. The molecule has 0 aromatic heterocycles. The summed E-state index contributed by atoms with van der Waals surface area (Å²) in [5.74, 6) is 6.50. The zero-order valence-corrected chi connectivity index (χ0v) is 11.6. The number of likely N-dealkylation sites (tertiary alicyclic amines) is 1. The minimum absolute atomic E-state index is 0.0920. The number of carbonyl (C=O) groups is 1. The van der Waals surface area contributed by atoms with E-state index in [0.29, 0.717) is 18.0 Å². The van der Waals surface area contributed by atoms with Gasteiger partial charge in [0.2, 0.25) is 0 Å². The second-order valence-electron chi connectivity index (χ2n) is 5.20. The maximum absolute atomic E-state index is 12.6. The van der Waals surface area contributed by atoms with Crippen LogP contribution in [0.5, 0.6) is 0 Å². The van der Waals surface area contributed by atoms with Crippen molar-refractivity contribution in [1.82, 2.24) is 4.90 Å². The minimum atomic E-state index is 0.0920. The molecule has 19 heavy (non-hydrogen) atoms. The van der Waals surface area contributed by atoms with E-state index in [0.717, 1.165) is 30.6 Å². The number of aryl methyl sites for hydroxylation is 1. The first-order chi connectivity index (χ1) is 9.11. The molecular formula is C16H20N2O. The highest BCUT2D eigenvalue weighted by atomic mass is 16.2. The summed E-state index contributed by atoms with van der Waals surface area (Å²) in [7, 11) is 0. The predicted octanol–water partition coefficient (Wildman–Crippen LogP) is 1.79. The number of rotatable bonds is 1. The van der Waals surface area contributed by atoms with Crippen molar-refractivity contribution >= 4 is 5.91 Å². The van der Waals surface area contributed by atoms with E-state index in [-0.39, 0.29) is 5.91 Å². The molecule has 2 rings (SSSR count). The molecule has 1 unspecified atom stereocenters. The van der Waals surface area contributed by atoms with Gasteiger partial charge in [0, 0.05) is 18.7 Å². The number of carbonyl (C=O) groups excluding carboxylic acids is 1. The first-order valence-corrected chi connectivity index (χ1v) is 6.70. The lowest BCUT2D eigenvalue weighted by Gasteiger charge is -2.17. The van der Waals surface area contributed by atoms with Crippen molar-refractivity contribution in [3.8, 4) is 11.8 Å². The zero-order valence-electron chi connectivity index (χ0n) is 11.6. The minimum Gasteiger partial charge on any atom is -0.338 e. The Morgan fingerprint density at radius 1 is 1.53 bits per heavy atom. The van der Waals surface area contributed by atoms with Crippen molar-refractivity contribution in [2.24, 2.45) is 11.7 Å². The Kier molecular flexibility index (Phi) is 4.24. The predicted molar refractivity (Wildman–Crippen MR) is 76.8 cm³/mol. The molecule has 0 aliphatic carbocycles. The fourth-order valence-corrected chi connectivity index (χ4v) is 2.38. The van der Waals surface area contributed by atoms with Crippen LogP contribution in [0.1, 0.15) is 34.8 Å². The normalized spacial score (nSPS) is 18.1. The largest absolute Gasteiger partial charge is 0.338 e. The van der Waals surface area contributed by atoms with E-state index in [1.807, 2.05) is 30.0 Å². The van der Waals surface area contributed by atoms with Gasteiger partial charge in [-0.05, 0) is 31.4 Å². The molecule has 1 heterocycles. The van der Waals surface area contributed by atoms with Gasteiger partial charge in [0.25, 0.3) is 5.91 Å². The van der Waals surface area contributed by atoms with Crippen LogP contribution in [0.2, 0.25) is 0 Å². The van der Waals surface area contributed by atoms with Crippen molar-refractivity contribution in [2.75, 3.05) is 19.6 Å². The first-order valence-electron chi connectivity index (χ1n) is 6.70.